The van der Waals surface area contributed by atoms with Gasteiger partial charge in [0.15, 0.2) is 5.69 Å². The predicted octanol–water partition coefficient (Wildman–Crippen LogP) is 2.32. The highest BCUT2D eigenvalue weighted by atomic mass is 16.4. The van der Waals surface area contributed by atoms with E-state index >= 15 is 0 Å². The fourth-order valence-corrected chi connectivity index (χ4v) is 1.96. The lowest BCUT2D eigenvalue weighted by atomic mass is 10.1. The monoisotopic (exact) mass is 239 g/mol. The van der Waals surface area contributed by atoms with Crippen molar-refractivity contribution in [1.29, 1.82) is 0 Å². The van der Waals surface area contributed by atoms with Crippen LogP contribution in [0.4, 0.5) is 0 Å². The molecule has 0 saturated heterocycles. The van der Waals surface area contributed by atoms with Crippen LogP contribution in [0.3, 0.4) is 0 Å². The summed E-state index contributed by atoms with van der Waals surface area (Å²) in [5.74, 6) is -1.08. The smallest absolute Gasteiger partial charge is 0.356 e. The Morgan fingerprint density at radius 1 is 1.17 bits per heavy atom. The van der Waals surface area contributed by atoms with Gasteiger partial charge in [-0.2, -0.15) is 0 Å². The van der Waals surface area contributed by atoms with Crippen LogP contribution in [0.15, 0.2) is 42.9 Å². The van der Waals surface area contributed by atoms with Crippen molar-refractivity contribution in [2.45, 2.75) is 0 Å². The number of fused-ring (bicyclic) bond motifs is 1. The quantitative estimate of drug-likeness (QED) is 0.719. The summed E-state index contributed by atoms with van der Waals surface area (Å²) in [4.78, 5) is 22.2. The summed E-state index contributed by atoms with van der Waals surface area (Å²) < 4.78 is 0. The number of aromatic amines is 1. The zero-order chi connectivity index (χ0) is 12.5. The molecular weight excluding hydrogens is 230 g/mol. The summed E-state index contributed by atoms with van der Waals surface area (Å²) in [5.41, 5.74) is 2.02. The Hall–Kier alpha value is -2.69. The molecule has 88 valence electrons. The molecule has 0 spiro atoms. The van der Waals surface area contributed by atoms with Gasteiger partial charge in [-0.25, -0.2) is 9.78 Å². The van der Waals surface area contributed by atoms with Crippen LogP contribution >= 0.6 is 0 Å². The van der Waals surface area contributed by atoms with Crippen molar-refractivity contribution in [1.82, 2.24) is 15.0 Å². The number of rotatable bonds is 2. The number of carbonyl (C=O) groups is 1. The number of aromatic nitrogens is 3. The number of benzene rings is 1. The van der Waals surface area contributed by atoms with Gasteiger partial charge in [-0.3, -0.25) is 4.98 Å². The third-order valence-corrected chi connectivity index (χ3v) is 2.75. The molecule has 1 aromatic carbocycles. The molecule has 3 rings (SSSR count). The van der Waals surface area contributed by atoms with E-state index in [4.69, 9.17) is 5.11 Å². The molecule has 0 saturated carbocycles. The Kier molecular flexibility index (Phi) is 2.30. The van der Waals surface area contributed by atoms with Gasteiger partial charge in [0.2, 0.25) is 0 Å². The van der Waals surface area contributed by atoms with Gasteiger partial charge in [0.1, 0.15) is 5.69 Å². The molecule has 3 aromatic rings. The first kappa shape index (κ1) is 10.5. The molecule has 0 unspecified atom stereocenters. The SMILES string of the molecule is O=C(O)c1nccnc1-c1c[nH]c2ccccc12. The lowest BCUT2D eigenvalue weighted by molar-refractivity contribution is 0.0691. The number of carboxylic acid groups (broad SMARTS) is 1. The second kappa shape index (κ2) is 3.96. The molecule has 0 aliphatic carbocycles. The summed E-state index contributed by atoms with van der Waals surface area (Å²) in [7, 11) is 0. The molecule has 0 radical (unpaired) electrons. The second-order valence-corrected chi connectivity index (χ2v) is 3.81. The summed E-state index contributed by atoms with van der Waals surface area (Å²) >= 11 is 0. The van der Waals surface area contributed by atoms with Gasteiger partial charge in [-0.05, 0) is 6.07 Å². The number of H-pyrrole nitrogens is 1. The Labute approximate surface area is 102 Å². The maximum Gasteiger partial charge on any atom is 0.356 e. The highest BCUT2D eigenvalue weighted by Crippen LogP contribution is 2.28. The molecule has 0 atom stereocenters. The van der Waals surface area contributed by atoms with E-state index < -0.39 is 5.97 Å². The van der Waals surface area contributed by atoms with Crippen molar-refractivity contribution in [2.24, 2.45) is 0 Å². The summed E-state index contributed by atoms with van der Waals surface area (Å²) in [6.45, 7) is 0. The van der Waals surface area contributed by atoms with Crippen molar-refractivity contribution in [2.75, 3.05) is 0 Å². The lowest BCUT2D eigenvalue weighted by Crippen LogP contribution is -2.04. The first-order valence-electron chi connectivity index (χ1n) is 5.38. The molecule has 2 heterocycles. The number of nitrogens with one attached hydrogen (secondary N) is 1. The first-order valence-corrected chi connectivity index (χ1v) is 5.38. The van der Waals surface area contributed by atoms with E-state index in [1.54, 1.807) is 6.20 Å². The van der Waals surface area contributed by atoms with Crippen molar-refractivity contribution >= 4 is 16.9 Å². The third kappa shape index (κ3) is 1.53. The Morgan fingerprint density at radius 3 is 2.78 bits per heavy atom. The molecule has 2 N–H and O–H groups in total. The molecule has 2 aromatic heterocycles. The number of hydrogen-bond acceptors (Lipinski definition) is 3. The highest BCUT2D eigenvalue weighted by molar-refractivity contribution is 6.00. The molecule has 0 fully saturated rings. The number of carboxylic acids is 1. The molecule has 5 heteroatoms. The zero-order valence-electron chi connectivity index (χ0n) is 9.29. The molecular formula is C13H9N3O2. The van der Waals surface area contributed by atoms with Crippen LogP contribution in [0, 0.1) is 0 Å². The van der Waals surface area contributed by atoms with Crippen LogP contribution in [0.1, 0.15) is 10.5 Å². The van der Waals surface area contributed by atoms with Crippen molar-refractivity contribution in [3.8, 4) is 11.3 Å². The normalized spacial score (nSPS) is 10.7. The Balaban J connectivity index is 2.30. The number of hydrogen-bond donors (Lipinski definition) is 2. The fourth-order valence-electron chi connectivity index (χ4n) is 1.96. The topological polar surface area (TPSA) is 78.9 Å². The van der Waals surface area contributed by atoms with Crippen LogP contribution in [0.25, 0.3) is 22.2 Å². The van der Waals surface area contributed by atoms with Gasteiger partial charge >= 0.3 is 5.97 Å². The molecule has 0 bridgehead atoms. The molecule has 0 aliphatic rings. The van der Waals surface area contributed by atoms with Crippen molar-refractivity contribution in [3.05, 3.63) is 48.5 Å². The third-order valence-electron chi connectivity index (χ3n) is 2.75. The number of aromatic carboxylic acids is 1. The summed E-state index contributed by atoms with van der Waals surface area (Å²) in [6, 6.07) is 7.66. The van der Waals surface area contributed by atoms with E-state index in [0.717, 1.165) is 16.5 Å². The van der Waals surface area contributed by atoms with E-state index in [1.807, 2.05) is 24.3 Å². The average Bonchev–Trinajstić information content (AvgIpc) is 2.82. The molecule has 5 nitrogen and oxygen atoms in total. The summed E-state index contributed by atoms with van der Waals surface area (Å²) in [6.07, 6.45) is 4.62. The lowest BCUT2D eigenvalue weighted by Gasteiger charge is -2.02. The maximum absolute atomic E-state index is 11.1. The van der Waals surface area contributed by atoms with E-state index in [-0.39, 0.29) is 5.69 Å². The van der Waals surface area contributed by atoms with E-state index in [1.165, 1.54) is 12.4 Å². The summed E-state index contributed by atoms with van der Waals surface area (Å²) in [5, 5.41) is 10.1. The van der Waals surface area contributed by atoms with Crippen LogP contribution in [0.2, 0.25) is 0 Å². The van der Waals surface area contributed by atoms with Crippen LogP contribution < -0.4 is 0 Å². The van der Waals surface area contributed by atoms with Crippen molar-refractivity contribution in [3.63, 3.8) is 0 Å². The van der Waals surface area contributed by atoms with Crippen molar-refractivity contribution < 1.29 is 9.90 Å². The molecule has 18 heavy (non-hydrogen) atoms. The van der Waals surface area contributed by atoms with Crippen LogP contribution in [0.5, 0.6) is 0 Å². The van der Waals surface area contributed by atoms with E-state index in [9.17, 15) is 4.79 Å². The van der Waals surface area contributed by atoms with Gasteiger partial charge in [0.05, 0.1) is 0 Å². The van der Waals surface area contributed by atoms with E-state index in [2.05, 4.69) is 15.0 Å². The molecule has 0 aliphatic heterocycles. The van der Waals surface area contributed by atoms with E-state index in [0.29, 0.717) is 5.69 Å². The van der Waals surface area contributed by atoms with Crippen LogP contribution in [-0.4, -0.2) is 26.0 Å². The Morgan fingerprint density at radius 2 is 1.94 bits per heavy atom. The minimum Gasteiger partial charge on any atom is -0.476 e. The standard InChI is InChI=1S/C13H9N3O2/c17-13(18)12-11(14-5-6-15-12)9-7-16-10-4-2-1-3-8(9)10/h1-7,16H,(H,17,18). The molecule has 0 amide bonds. The maximum atomic E-state index is 11.1. The second-order valence-electron chi connectivity index (χ2n) is 3.81. The Bertz CT molecular complexity index is 734. The number of para-hydroxylation sites is 1. The van der Waals surface area contributed by atoms with Gasteiger partial charge in [-0.1, -0.05) is 18.2 Å². The minimum atomic E-state index is -1.08. The van der Waals surface area contributed by atoms with Gasteiger partial charge in [0, 0.05) is 35.1 Å². The van der Waals surface area contributed by atoms with Gasteiger partial charge in [-0.15, -0.1) is 0 Å². The average molecular weight is 239 g/mol. The highest BCUT2D eigenvalue weighted by Gasteiger charge is 2.16. The number of nitrogens with zero attached hydrogens (tertiary/aromatic N) is 2. The largest absolute Gasteiger partial charge is 0.476 e. The van der Waals surface area contributed by atoms with Gasteiger partial charge in [0.25, 0.3) is 0 Å². The minimum absolute atomic E-state index is 0.0396. The fraction of sp³-hybridized carbons (Fsp3) is 0. The van der Waals surface area contributed by atoms with Gasteiger partial charge < -0.3 is 10.1 Å². The van der Waals surface area contributed by atoms with Crippen LogP contribution in [-0.2, 0) is 0 Å². The zero-order valence-corrected chi connectivity index (χ0v) is 9.29. The predicted molar refractivity (Wildman–Crippen MR) is 66.3 cm³/mol. The first-order chi connectivity index (χ1) is 8.77.